The predicted molar refractivity (Wildman–Crippen MR) is 48.0 cm³/mol. The fourth-order valence-corrected chi connectivity index (χ4v) is 0.417. The molecule has 2 heteroatoms. The Morgan fingerprint density at radius 3 is 2.64 bits per heavy atom. The van der Waals surface area contributed by atoms with E-state index < -0.39 is 0 Å². The lowest BCUT2D eigenvalue weighted by molar-refractivity contribution is -0.113. The predicted octanol–water partition coefficient (Wildman–Crippen LogP) is 1.78. The van der Waals surface area contributed by atoms with E-state index >= 15 is 0 Å². The average molecular weight is 151 g/mol. The van der Waals surface area contributed by atoms with Crippen LogP contribution in [0.5, 0.6) is 0 Å². The molecule has 2 nitrogen and oxygen atoms in total. The molecule has 0 heterocycles. The van der Waals surface area contributed by atoms with Gasteiger partial charge in [0, 0.05) is 6.21 Å². The van der Waals surface area contributed by atoms with Crippen molar-refractivity contribution in [3.63, 3.8) is 0 Å². The topological polar surface area (TPSA) is 29.4 Å². The van der Waals surface area contributed by atoms with Gasteiger partial charge in [-0.05, 0) is 25.5 Å². The molecule has 0 bridgehead atoms. The van der Waals surface area contributed by atoms with Crippen LogP contribution in [0.25, 0.3) is 0 Å². The highest BCUT2D eigenvalue weighted by Gasteiger charge is 1.91. The molecule has 0 aromatic heterocycles. The second-order valence-electron chi connectivity index (χ2n) is 2.21. The minimum absolute atomic E-state index is 0.0788. The third-order valence-electron chi connectivity index (χ3n) is 1.22. The molecule has 0 N–H and O–H groups in total. The summed E-state index contributed by atoms with van der Waals surface area (Å²) < 4.78 is 0. The third-order valence-corrected chi connectivity index (χ3v) is 1.22. The number of carbonyl (C=O) groups is 1. The first kappa shape index (κ1) is 9.82. The zero-order chi connectivity index (χ0) is 8.69. The van der Waals surface area contributed by atoms with Crippen LogP contribution in [0.4, 0.5) is 0 Å². The van der Waals surface area contributed by atoms with Crippen LogP contribution in [0.15, 0.2) is 29.3 Å². The quantitative estimate of drug-likeness (QED) is 0.342. The molecule has 0 unspecified atom stereocenters. The molecule has 0 radical (unpaired) electrons. The summed E-state index contributed by atoms with van der Waals surface area (Å²) in [4.78, 5) is 14.6. The minimum Gasteiger partial charge on any atom is -0.295 e. The minimum atomic E-state index is 0.0788. The first-order valence-electron chi connectivity index (χ1n) is 3.47. The molecule has 0 saturated heterocycles. The van der Waals surface area contributed by atoms with Crippen LogP contribution in [0.3, 0.4) is 0 Å². The van der Waals surface area contributed by atoms with E-state index in [4.69, 9.17) is 0 Å². The van der Waals surface area contributed by atoms with Crippen molar-refractivity contribution in [2.75, 3.05) is 6.54 Å². The number of nitrogens with zero attached hydrogens (tertiary/aromatic N) is 1. The maximum atomic E-state index is 10.7. The summed E-state index contributed by atoms with van der Waals surface area (Å²) in [5.74, 6) is 0.0788. The molecule has 0 aliphatic carbocycles. The molecule has 0 amide bonds. The van der Waals surface area contributed by atoms with E-state index in [1.807, 2.05) is 0 Å². The van der Waals surface area contributed by atoms with Gasteiger partial charge in [-0.15, -0.1) is 6.58 Å². The second kappa shape index (κ2) is 5.59. The highest BCUT2D eigenvalue weighted by molar-refractivity contribution is 5.96. The van der Waals surface area contributed by atoms with Crippen LogP contribution in [-0.2, 0) is 4.79 Å². The van der Waals surface area contributed by atoms with Crippen LogP contribution >= 0.6 is 0 Å². The number of carbonyl (C=O) groups excluding carboxylic acids is 1. The van der Waals surface area contributed by atoms with Gasteiger partial charge in [-0.25, -0.2) is 0 Å². The van der Waals surface area contributed by atoms with Crippen molar-refractivity contribution in [3.05, 3.63) is 24.3 Å². The standard InChI is InChI=1S/C9H13NO/c1-4-6-10-7-5-8(2)9(3)11/h4-5,7H,1,6H2,2-3H3/b8-5+,10-7-. The Labute approximate surface area is 67.3 Å². The second-order valence-corrected chi connectivity index (χ2v) is 2.21. The zero-order valence-electron chi connectivity index (χ0n) is 7.00. The lowest BCUT2D eigenvalue weighted by atomic mass is 10.2. The Balaban J connectivity index is 3.90. The molecule has 0 atom stereocenters. The summed E-state index contributed by atoms with van der Waals surface area (Å²) in [6, 6.07) is 0. The number of allylic oxidation sites excluding steroid dienone is 2. The van der Waals surface area contributed by atoms with E-state index in [9.17, 15) is 4.79 Å². The van der Waals surface area contributed by atoms with Gasteiger partial charge < -0.3 is 0 Å². The molecule has 0 saturated carbocycles. The van der Waals surface area contributed by atoms with E-state index in [0.29, 0.717) is 6.54 Å². The van der Waals surface area contributed by atoms with E-state index in [2.05, 4.69) is 11.6 Å². The molecular weight excluding hydrogens is 138 g/mol. The zero-order valence-corrected chi connectivity index (χ0v) is 7.00. The molecular formula is C9H13NO. The van der Waals surface area contributed by atoms with Crippen LogP contribution in [0.1, 0.15) is 13.8 Å². The summed E-state index contributed by atoms with van der Waals surface area (Å²) in [6.45, 7) is 7.41. The highest BCUT2D eigenvalue weighted by Crippen LogP contribution is 1.90. The van der Waals surface area contributed by atoms with Gasteiger partial charge in [0.15, 0.2) is 5.78 Å². The summed E-state index contributed by atoms with van der Waals surface area (Å²) in [7, 11) is 0. The Kier molecular flexibility index (Phi) is 4.99. The molecule has 0 aliphatic heterocycles. The first-order chi connectivity index (χ1) is 5.18. The van der Waals surface area contributed by atoms with Crippen LogP contribution in [-0.4, -0.2) is 18.5 Å². The van der Waals surface area contributed by atoms with E-state index in [1.165, 1.54) is 6.92 Å². The molecule has 11 heavy (non-hydrogen) atoms. The van der Waals surface area contributed by atoms with Crippen molar-refractivity contribution in [1.82, 2.24) is 0 Å². The number of hydrogen-bond donors (Lipinski definition) is 0. The summed E-state index contributed by atoms with van der Waals surface area (Å²) in [6.07, 6.45) is 5.03. The van der Waals surface area contributed by atoms with Crippen molar-refractivity contribution in [3.8, 4) is 0 Å². The van der Waals surface area contributed by atoms with Crippen molar-refractivity contribution in [1.29, 1.82) is 0 Å². The summed E-state index contributed by atoms with van der Waals surface area (Å²) >= 11 is 0. The number of Topliss-reactive ketones (excluding diaryl/α,β-unsaturated/α-hetero) is 1. The van der Waals surface area contributed by atoms with Crippen LogP contribution in [0, 0.1) is 0 Å². The van der Waals surface area contributed by atoms with Gasteiger partial charge in [0.05, 0.1) is 6.54 Å². The lowest BCUT2D eigenvalue weighted by Crippen LogP contribution is -1.90. The number of aliphatic imine (C=N–C) groups is 1. The lowest BCUT2D eigenvalue weighted by Gasteiger charge is -1.87. The smallest absolute Gasteiger partial charge is 0.155 e. The van der Waals surface area contributed by atoms with Gasteiger partial charge in [-0.2, -0.15) is 0 Å². The first-order valence-corrected chi connectivity index (χ1v) is 3.47. The molecule has 0 aliphatic rings. The van der Waals surface area contributed by atoms with Gasteiger partial charge in [-0.3, -0.25) is 9.79 Å². The largest absolute Gasteiger partial charge is 0.295 e. The van der Waals surface area contributed by atoms with Gasteiger partial charge in [0.2, 0.25) is 0 Å². The van der Waals surface area contributed by atoms with Crippen molar-refractivity contribution in [2.45, 2.75) is 13.8 Å². The summed E-state index contributed by atoms with van der Waals surface area (Å²) in [5.41, 5.74) is 0.720. The van der Waals surface area contributed by atoms with Gasteiger partial charge in [0.1, 0.15) is 0 Å². The van der Waals surface area contributed by atoms with E-state index in [0.717, 1.165) is 5.57 Å². The van der Waals surface area contributed by atoms with Crippen molar-refractivity contribution >= 4 is 12.0 Å². The Morgan fingerprint density at radius 1 is 1.55 bits per heavy atom. The summed E-state index contributed by atoms with van der Waals surface area (Å²) in [5, 5.41) is 0. The fourth-order valence-electron chi connectivity index (χ4n) is 0.417. The molecule has 0 fully saturated rings. The monoisotopic (exact) mass is 151 g/mol. The average Bonchev–Trinajstić information content (AvgIpc) is 1.97. The van der Waals surface area contributed by atoms with E-state index in [1.54, 1.807) is 25.3 Å². The van der Waals surface area contributed by atoms with Gasteiger partial charge in [-0.1, -0.05) is 6.08 Å². The molecule has 0 rings (SSSR count). The Bertz CT molecular complexity index is 202. The Hall–Kier alpha value is -1.18. The van der Waals surface area contributed by atoms with E-state index in [-0.39, 0.29) is 5.78 Å². The van der Waals surface area contributed by atoms with Gasteiger partial charge in [0.25, 0.3) is 0 Å². The normalized spacial score (nSPS) is 12.0. The SMILES string of the molecule is C=CC/N=C\C=C(/C)C(C)=O. The number of ketones is 1. The maximum Gasteiger partial charge on any atom is 0.155 e. The maximum absolute atomic E-state index is 10.7. The van der Waals surface area contributed by atoms with Crippen LogP contribution in [0.2, 0.25) is 0 Å². The molecule has 0 aromatic rings. The fraction of sp³-hybridized carbons (Fsp3) is 0.333. The van der Waals surface area contributed by atoms with Gasteiger partial charge >= 0.3 is 0 Å². The number of rotatable bonds is 4. The number of hydrogen-bond acceptors (Lipinski definition) is 2. The molecule has 0 spiro atoms. The molecule has 60 valence electrons. The van der Waals surface area contributed by atoms with Crippen molar-refractivity contribution in [2.24, 2.45) is 4.99 Å². The molecule has 0 aromatic carbocycles. The Morgan fingerprint density at radius 2 is 2.18 bits per heavy atom. The third kappa shape index (κ3) is 5.27. The highest BCUT2D eigenvalue weighted by atomic mass is 16.1. The van der Waals surface area contributed by atoms with Crippen molar-refractivity contribution < 1.29 is 4.79 Å². The van der Waals surface area contributed by atoms with Crippen LogP contribution < -0.4 is 0 Å².